The third-order valence-corrected chi connectivity index (χ3v) is 1.73. The van der Waals surface area contributed by atoms with Crippen LogP contribution in [0.3, 0.4) is 0 Å². The van der Waals surface area contributed by atoms with Crippen molar-refractivity contribution >= 4 is 12.1 Å². The summed E-state index contributed by atoms with van der Waals surface area (Å²) in [5, 5.41) is 0. The minimum atomic E-state index is -0.343. The maximum absolute atomic E-state index is 10.9. The number of rotatable bonds is 0. The summed E-state index contributed by atoms with van der Waals surface area (Å²) in [7, 11) is 0. The van der Waals surface area contributed by atoms with Gasteiger partial charge in [-0.2, -0.15) is 0 Å². The predicted octanol–water partition coefficient (Wildman–Crippen LogP) is 0.313. The van der Waals surface area contributed by atoms with Crippen LogP contribution in [0.25, 0.3) is 0 Å². The molecule has 0 saturated carbocycles. The maximum atomic E-state index is 10.9. The Kier molecular flexibility index (Phi) is 1.17. The lowest BCUT2D eigenvalue weighted by molar-refractivity contribution is -0.125. The highest BCUT2D eigenvalue weighted by Gasteiger charge is 2.29. The van der Waals surface area contributed by atoms with Gasteiger partial charge in [-0.25, -0.2) is 4.99 Å². The Balaban J connectivity index is 2.33. The van der Waals surface area contributed by atoms with E-state index in [2.05, 4.69) is 4.99 Å². The molecule has 3 nitrogen and oxygen atoms in total. The quantitative estimate of drug-likeness (QED) is 0.482. The SMILES string of the molecule is O=C1N=CC=C2CCOC12. The summed E-state index contributed by atoms with van der Waals surface area (Å²) in [6.07, 6.45) is 3.94. The molecule has 0 aromatic rings. The van der Waals surface area contributed by atoms with E-state index in [4.69, 9.17) is 4.74 Å². The number of nitrogens with zero attached hydrogens (tertiary/aromatic N) is 1. The van der Waals surface area contributed by atoms with Gasteiger partial charge in [-0.3, -0.25) is 4.79 Å². The highest BCUT2D eigenvalue weighted by molar-refractivity contribution is 5.97. The number of allylic oxidation sites excluding steroid dienone is 1. The molecule has 0 aliphatic carbocycles. The maximum Gasteiger partial charge on any atom is 0.279 e. The Morgan fingerprint density at radius 1 is 1.70 bits per heavy atom. The van der Waals surface area contributed by atoms with Crippen molar-refractivity contribution in [1.29, 1.82) is 0 Å². The third kappa shape index (κ3) is 0.708. The molecule has 0 radical (unpaired) electrons. The second-order valence-corrected chi connectivity index (χ2v) is 2.36. The molecule has 3 heteroatoms. The molecule has 1 unspecified atom stereocenters. The first-order valence-electron chi connectivity index (χ1n) is 3.26. The fourth-order valence-electron chi connectivity index (χ4n) is 1.21. The molecule has 1 atom stereocenters. The summed E-state index contributed by atoms with van der Waals surface area (Å²) >= 11 is 0. The zero-order valence-electron chi connectivity index (χ0n) is 5.41. The summed E-state index contributed by atoms with van der Waals surface area (Å²) < 4.78 is 5.14. The van der Waals surface area contributed by atoms with Gasteiger partial charge >= 0.3 is 0 Å². The minimum absolute atomic E-state index is 0.157. The Hall–Kier alpha value is -0.960. The van der Waals surface area contributed by atoms with E-state index < -0.39 is 0 Å². The summed E-state index contributed by atoms with van der Waals surface area (Å²) in [4.78, 5) is 14.5. The van der Waals surface area contributed by atoms with Crippen molar-refractivity contribution in [3.05, 3.63) is 11.6 Å². The topological polar surface area (TPSA) is 38.7 Å². The molecule has 2 aliphatic rings. The molecule has 1 amide bonds. The van der Waals surface area contributed by atoms with Crippen LogP contribution in [0.1, 0.15) is 6.42 Å². The van der Waals surface area contributed by atoms with Gasteiger partial charge in [0.1, 0.15) is 0 Å². The second kappa shape index (κ2) is 2.02. The molecular weight excluding hydrogens is 130 g/mol. The van der Waals surface area contributed by atoms with E-state index >= 15 is 0 Å². The Morgan fingerprint density at radius 2 is 2.60 bits per heavy atom. The summed E-state index contributed by atoms with van der Waals surface area (Å²) in [6.45, 7) is 0.658. The van der Waals surface area contributed by atoms with E-state index in [0.29, 0.717) is 6.61 Å². The van der Waals surface area contributed by atoms with Crippen LogP contribution in [0.5, 0.6) is 0 Å². The van der Waals surface area contributed by atoms with Gasteiger partial charge in [0.2, 0.25) is 0 Å². The number of dihydropyridines is 1. The lowest BCUT2D eigenvalue weighted by atomic mass is 10.1. The molecule has 1 fully saturated rings. The van der Waals surface area contributed by atoms with Crippen LogP contribution >= 0.6 is 0 Å². The van der Waals surface area contributed by atoms with Crippen LogP contribution in [-0.4, -0.2) is 24.8 Å². The zero-order valence-corrected chi connectivity index (χ0v) is 5.41. The Morgan fingerprint density at radius 3 is 3.40 bits per heavy atom. The van der Waals surface area contributed by atoms with Crippen molar-refractivity contribution in [2.75, 3.05) is 6.61 Å². The van der Waals surface area contributed by atoms with E-state index in [0.717, 1.165) is 12.0 Å². The molecule has 52 valence electrons. The zero-order chi connectivity index (χ0) is 6.97. The van der Waals surface area contributed by atoms with Gasteiger partial charge < -0.3 is 4.74 Å². The van der Waals surface area contributed by atoms with Crippen molar-refractivity contribution in [3.8, 4) is 0 Å². The molecule has 0 aromatic carbocycles. The van der Waals surface area contributed by atoms with Crippen LogP contribution in [-0.2, 0) is 9.53 Å². The van der Waals surface area contributed by atoms with Crippen LogP contribution in [0.4, 0.5) is 0 Å². The van der Waals surface area contributed by atoms with Gasteiger partial charge in [-0.05, 0) is 18.1 Å². The van der Waals surface area contributed by atoms with E-state index in [1.165, 1.54) is 0 Å². The smallest absolute Gasteiger partial charge is 0.279 e. The van der Waals surface area contributed by atoms with Gasteiger partial charge in [0.15, 0.2) is 6.10 Å². The first kappa shape index (κ1) is 5.80. The first-order chi connectivity index (χ1) is 4.88. The molecule has 0 spiro atoms. The van der Waals surface area contributed by atoms with Crippen molar-refractivity contribution in [3.63, 3.8) is 0 Å². The average molecular weight is 137 g/mol. The van der Waals surface area contributed by atoms with Crippen molar-refractivity contribution in [2.24, 2.45) is 4.99 Å². The van der Waals surface area contributed by atoms with Crippen LogP contribution < -0.4 is 0 Å². The number of fused-ring (bicyclic) bond motifs is 1. The standard InChI is InChI=1S/C7H7NO2/c9-7-6-5(1-3-8-7)2-4-10-6/h1,3,6H,2,4H2. The molecule has 0 aromatic heterocycles. The molecule has 0 N–H and O–H groups in total. The Bertz CT molecular complexity index is 230. The van der Waals surface area contributed by atoms with E-state index in [9.17, 15) is 4.79 Å². The number of carbonyl (C=O) groups is 1. The van der Waals surface area contributed by atoms with Crippen LogP contribution in [0, 0.1) is 0 Å². The lowest BCUT2D eigenvalue weighted by Crippen LogP contribution is -2.21. The normalized spacial score (nSPS) is 30.2. The molecule has 0 bridgehead atoms. The van der Waals surface area contributed by atoms with Crippen molar-refractivity contribution in [1.82, 2.24) is 0 Å². The number of amides is 1. The third-order valence-electron chi connectivity index (χ3n) is 1.73. The number of aliphatic imine (C=N–C) groups is 1. The van der Waals surface area contributed by atoms with Gasteiger partial charge in [-0.1, -0.05) is 0 Å². The number of hydrogen-bond acceptors (Lipinski definition) is 2. The molecule has 2 heterocycles. The average Bonchev–Trinajstić information content (AvgIpc) is 2.36. The minimum Gasteiger partial charge on any atom is -0.364 e. The number of carbonyl (C=O) groups excluding carboxylic acids is 1. The van der Waals surface area contributed by atoms with E-state index in [1.807, 2.05) is 6.08 Å². The molecule has 1 saturated heterocycles. The van der Waals surface area contributed by atoms with Gasteiger partial charge in [-0.15, -0.1) is 0 Å². The fourth-order valence-corrected chi connectivity index (χ4v) is 1.21. The summed E-state index contributed by atoms with van der Waals surface area (Å²) in [6, 6.07) is 0. The highest BCUT2D eigenvalue weighted by atomic mass is 16.5. The van der Waals surface area contributed by atoms with Crippen molar-refractivity contribution in [2.45, 2.75) is 12.5 Å². The molecule has 10 heavy (non-hydrogen) atoms. The molecule has 2 aliphatic heterocycles. The number of ether oxygens (including phenoxy) is 1. The summed E-state index contributed by atoms with van der Waals surface area (Å²) in [5.41, 5.74) is 1.07. The van der Waals surface area contributed by atoms with Crippen LogP contribution in [0.15, 0.2) is 16.6 Å². The van der Waals surface area contributed by atoms with Gasteiger partial charge in [0.05, 0.1) is 6.61 Å². The Labute approximate surface area is 58.4 Å². The van der Waals surface area contributed by atoms with Gasteiger partial charge in [0, 0.05) is 6.21 Å². The summed E-state index contributed by atoms with van der Waals surface area (Å²) in [5.74, 6) is -0.157. The fraction of sp³-hybridized carbons (Fsp3) is 0.429. The van der Waals surface area contributed by atoms with E-state index in [1.54, 1.807) is 6.21 Å². The molecule has 2 rings (SSSR count). The highest BCUT2D eigenvalue weighted by Crippen LogP contribution is 2.22. The number of hydrogen-bond donors (Lipinski definition) is 0. The molecular formula is C7H7NO2. The second-order valence-electron chi connectivity index (χ2n) is 2.36. The monoisotopic (exact) mass is 137 g/mol. The first-order valence-corrected chi connectivity index (χ1v) is 3.26. The predicted molar refractivity (Wildman–Crippen MR) is 35.9 cm³/mol. The lowest BCUT2D eigenvalue weighted by Gasteiger charge is -2.08. The van der Waals surface area contributed by atoms with Crippen LogP contribution in [0.2, 0.25) is 0 Å². The largest absolute Gasteiger partial charge is 0.364 e. The van der Waals surface area contributed by atoms with Gasteiger partial charge in [0.25, 0.3) is 5.91 Å². The van der Waals surface area contributed by atoms with Crippen molar-refractivity contribution < 1.29 is 9.53 Å². The van der Waals surface area contributed by atoms with E-state index in [-0.39, 0.29) is 12.0 Å².